The topological polar surface area (TPSA) is 61.8 Å². The number of nitrogens with two attached hydrogens (primary N) is 1. The lowest BCUT2D eigenvalue weighted by Crippen LogP contribution is -2.26. The highest BCUT2D eigenvalue weighted by Gasteiger charge is 2.19. The molecule has 1 saturated carbocycles. The molecule has 0 amide bonds. The van der Waals surface area contributed by atoms with Crippen molar-refractivity contribution in [2.45, 2.75) is 38.6 Å². The van der Waals surface area contributed by atoms with Crippen LogP contribution in [0.3, 0.4) is 0 Å². The molecular formula is C14H19N3. The van der Waals surface area contributed by atoms with E-state index < -0.39 is 0 Å². The van der Waals surface area contributed by atoms with Crippen molar-refractivity contribution in [1.29, 1.82) is 5.26 Å². The van der Waals surface area contributed by atoms with Gasteiger partial charge in [0.1, 0.15) is 0 Å². The number of anilines is 2. The summed E-state index contributed by atoms with van der Waals surface area (Å²) in [6.45, 7) is 2.29. The molecule has 1 aliphatic carbocycles. The number of nitriles is 1. The highest BCUT2D eigenvalue weighted by molar-refractivity contribution is 5.68. The Labute approximate surface area is 103 Å². The number of nitrogens with one attached hydrogen (secondary N) is 1. The minimum Gasteiger partial charge on any atom is -0.397 e. The lowest BCUT2D eigenvalue weighted by molar-refractivity contribution is 0.359. The molecule has 1 aliphatic rings. The van der Waals surface area contributed by atoms with Crippen molar-refractivity contribution in [1.82, 2.24) is 0 Å². The molecule has 0 bridgehead atoms. The first-order valence-electron chi connectivity index (χ1n) is 6.25. The number of hydrogen-bond acceptors (Lipinski definition) is 3. The van der Waals surface area contributed by atoms with Crippen molar-refractivity contribution < 1.29 is 0 Å². The molecule has 1 fully saturated rings. The van der Waals surface area contributed by atoms with E-state index in [-0.39, 0.29) is 0 Å². The second-order valence-corrected chi connectivity index (χ2v) is 5.03. The van der Waals surface area contributed by atoms with Crippen molar-refractivity contribution in [3.8, 4) is 6.07 Å². The van der Waals surface area contributed by atoms with Gasteiger partial charge in [-0.05, 0) is 37.0 Å². The standard InChI is InChI=1S/C14H19N3/c1-10-3-2-4-12(7-10)17-14-8-11(9-15)5-6-13(14)16/h5-6,8,10,12,17H,2-4,7,16H2,1H3. The Morgan fingerprint density at radius 3 is 2.94 bits per heavy atom. The molecule has 17 heavy (non-hydrogen) atoms. The van der Waals surface area contributed by atoms with Crippen molar-refractivity contribution in [3.63, 3.8) is 0 Å². The van der Waals surface area contributed by atoms with E-state index in [2.05, 4.69) is 18.3 Å². The van der Waals surface area contributed by atoms with E-state index in [1.54, 1.807) is 12.1 Å². The maximum atomic E-state index is 8.88. The zero-order chi connectivity index (χ0) is 12.3. The zero-order valence-electron chi connectivity index (χ0n) is 10.2. The van der Waals surface area contributed by atoms with Crippen LogP contribution in [0.15, 0.2) is 18.2 Å². The van der Waals surface area contributed by atoms with Gasteiger partial charge in [0.25, 0.3) is 0 Å². The van der Waals surface area contributed by atoms with Crippen molar-refractivity contribution in [3.05, 3.63) is 23.8 Å². The van der Waals surface area contributed by atoms with Gasteiger partial charge >= 0.3 is 0 Å². The third-order valence-corrected chi connectivity index (χ3v) is 3.48. The highest BCUT2D eigenvalue weighted by atomic mass is 14.9. The van der Waals surface area contributed by atoms with Crippen LogP contribution in [-0.2, 0) is 0 Å². The Bertz CT molecular complexity index is 434. The number of rotatable bonds is 2. The zero-order valence-corrected chi connectivity index (χ0v) is 10.2. The summed E-state index contributed by atoms with van der Waals surface area (Å²) in [6, 6.07) is 8.04. The van der Waals surface area contributed by atoms with Gasteiger partial charge in [-0.1, -0.05) is 19.8 Å². The molecule has 1 aromatic rings. The van der Waals surface area contributed by atoms with Crippen LogP contribution in [-0.4, -0.2) is 6.04 Å². The molecule has 90 valence electrons. The van der Waals surface area contributed by atoms with Gasteiger partial charge in [-0.25, -0.2) is 0 Å². The Balaban J connectivity index is 2.10. The SMILES string of the molecule is CC1CCCC(Nc2cc(C#N)ccc2N)C1. The lowest BCUT2D eigenvalue weighted by atomic mass is 9.87. The van der Waals surface area contributed by atoms with Crippen molar-refractivity contribution in [2.24, 2.45) is 5.92 Å². The monoisotopic (exact) mass is 229 g/mol. The molecule has 3 heteroatoms. The molecule has 2 atom stereocenters. The molecule has 0 aliphatic heterocycles. The second-order valence-electron chi connectivity index (χ2n) is 5.03. The second kappa shape index (κ2) is 5.09. The lowest BCUT2D eigenvalue weighted by Gasteiger charge is -2.28. The van der Waals surface area contributed by atoms with Gasteiger partial charge in [0.15, 0.2) is 0 Å². The molecule has 0 spiro atoms. The van der Waals surface area contributed by atoms with Crippen LogP contribution >= 0.6 is 0 Å². The van der Waals surface area contributed by atoms with Crippen LogP contribution in [0.1, 0.15) is 38.2 Å². The van der Waals surface area contributed by atoms with Gasteiger partial charge in [0.05, 0.1) is 23.0 Å². The average Bonchev–Trinajstić information content (AvgIpc) is 2.32. The highest BCUT2D eigenvalue weighted by Crippen LogP contribution is 2.28. The van der Waals surface area contributed by atoms with Crippen LogP contribution in [0, 0.1) is 17.2 Å². The normalized spacial score (nSPS) is 24.0. The van der Waals surface area contributed by atoms with E-state index in [0.29, 0.717) is 11.6 Å². The van der Waals surface area contributed by atoms with Crippen LogP contribution in [0.5, 0.6) is 0 Å². The summed E-state index contributed by atoms with van der Waals surface area (Å²) < 4.78 is 0. The quantitative estimate of drug-likeness (QED) is 0.766. The van der Waals surface area contributed by atoms with Gasteiger partial charge in [0, 0.05) is 6.04 Å². The van der Waals surface area contributed by atoms with Gasteiger partial charge in [-0.3, -0.25) is 0 Å². The predicted octanol–water partition coefficient (Wildman–Crippen LogP) is 3.13. The minimum atomic E-state index is 0.495. The summed E-state index contributed by atoms with van der Waals surface area (Å²) in [4.78, 5) is 0. The van der Waals surface area contributed by atoms with E-state index in [0.717, 1.165) is 17.3 Å². The average molecular weight is 229 g/mol. The number of nitrogens with zero attached hydrogens (tertiary/aromatic N) is 1. The smallest absolute Gasteiger partial charge is 0.0992 e. The number of benzene rings is 1. The maximum absolute atomic E-state index is 8.88. The molecule has 3 N–H and O–H groups in total. The molecular weight excluding hydrogens is 210 g/mol. The van der Waals surface area contributed by atoms with Gasteiger partial charge in [-0.2, -0.15) is 5.26 Å². The molecule has 1 aromatic carbocycles. The Morgan fingerprint density at radius 1 is 1.41 bits per heavy atom. The van der Waals surface area contributed by atoms with Crippen LogP contribution < -0.4 is 11.1 Å². The summed E-state index contributed by atoms with van der Waals surface area (Å²) in [5.41, 5.74) is 8.21. The van der Waals surface area contributed by atoms with E-state index in [4.69, 9.17) is 11.0 Å². The van der Waals surface area contributed by atoms with Crippen LogP contribution in [0.25, 0.3) is 0 Å². The third-order valence-electron chi connectivity index (χ3n) is 3.48. The van der Waals surface area contributed by atoms with Crippen molar-refractivity contribution >= 4 is 11.4 Å². The maximum Gasteiger partial charge on any atom is 0.0992 e. The van der Waals surface area contributed by atoms with Crippen LogP contribution in [0.2, 0.25) is 0 Å². The Hall–Kier alpha value is -1.69. The fourth-order valence-electron chi connectivity index (χ4n) is 2.54. The molecule has 2 unspecified atom stereocenters. The minimum absolute atomic E-state index is 0.495. The molecule has 0 aromatic heterocycles. The molecule has 0 heterocycles. The summed E-state index contributed by atoms with van der Waals surface area (Å²) in [7, 11) is 0. The fourth-order valence-corrected chi connectivity index (χ4v) is 2.54. The fraction of sp³-hybridized carbons (Fsp3) is 0.500. The Morgan fingerprint density at radius 2 is 2.24 bits per heavy atom. The molecule has 0 radical (unpaired) electrons. The first-order valence-corrected chi connectivity index (χ1v) is 6.25. The molecule has 0 saturated heterocycles. The molecule has 3 nitrogen and oxygen atoms in total. The first-order chi connectivity index (χ1) is 8.19. The Kier molecular flexibility index (Phi) is 3.53. The van der Waals surface area contributed by atoms with E-state index in [1.807, 2.05) is 6.07 Å². The number of nitrogen functional groups attached to an aromatic ring is 1. The summed E-state index contributed by atoms with van der Waals surface area (Å²) in [5, 5.41) is 12.4. The summed E-state index contributed by atoms with van der Waals surface area (Å²) >= 11 is 0. The van der Waals surface area contributed by atoms with Gasteiger partial charge in [-0.15, -0.1) is 0 Å². The summed E-state index contributed by atoms with van der Waals surface area (Å²) in [6.07, 6.45) is 4.99. The molecule has 2 rings (SSSR count). The van der Waals surface area contributed by atoms with E-state index in [9.17, 15) is 0 Å². The van der Waals surface area contributed by atoms with E-state index in [1.165, 1.54) is 25.7 Å². The van der Waals surface area contributed by atoms with Crippen LogP contribution in [0.4, 0.5) is 11.4 Å². The summed E-state index contributed by atoms with van der Waals surface area (Å²) in [5.74, 6) is 0.779. The third kappa shape index (κ3) is 2.91. The largest absolute Gasteiger partial charge is 0.397 e. The van der Waals surface area contributed by atoms with Crippen molar-refractivity contribution in [2.75, 3.05) is 11.1 Å². The number of hydrogen-bond donors (Lipinski definition) is 2. The van der Waals surface area contributed by atoms with Gasteiger partial charge < -0.3 is 11.1 Å². The first kappa shape index (κ1) is 11.8. The van der Waals surface area contributed by atoms with Gasteiger partial charge in [0.2, 0.25) is 0 Å². The predicted molar refractivity (Wildman–Crippen MR) is 70.6 cm³/mol. The van der Waals surface area contributed by atoms with E-state index >= 15 is 0 Å².